The molecule has 106 valence electrons. The van der Waals surface area contributed by atoms with Gasteiger partial charge in [0, 0.05) is 5.69 Å². The number of hydrogen-bond acceptors (Lipinski definition) is 3. The first-order valence-corrected chi connectivity index (χ1v) is 6.72. The molecule has 20 heavy (non-hydrogen) atoms. The number of anilines is 1. The van der Waals surface area contributed by atoms with Gasteiger partial charge in [0.1, 0.15) is 0 Å². The maximum absolute atomic E-state index is 5.79. The van der Waals surface area contributed by atoms with Crippen molar-refractivity contribution in [3.05, 3.63) is 48.2 Å². The van der Waals surface area contributed by atoms with Gasteiger partial charge in [-0.05, 0) is 65.4 Å². The van der Waals surface area contributed by atoms with Crippen molar-refractivity contribution < 1.29 is 0 Å². The van der Waals surface area contributed by atoms with Crippen molar-refractivity contribution in [3.63, 3.8) is 0 Å². The molecule has 0 amide bonds. The van der Waals surface area contributed by atoms with E-state index >= 15 is 0 Å². The number of benzene rings is 2. The molecule has 3 nitrogen and oxygen atoms in total. The standard InChI is InChI=1S/C16H20N2.CH3N/c1-3-11(2)16(10-17)14-5-4-13-9-15(18)7-6-12(13)8-14;1-2/h4-11H,3,17-18H2,1-2H3;2H,1H2/b16-10+;. The van der Waals surface area contributed by atoms with Gasteiger partial charge in [-0.1, -0.05) is 32.0 Å². The van der Waals surface area contributed by atoms with E-state index in [1.165, 1.54) is 21.9 Å². The van der Waals surface area contributed by atoms with E-state index < -0.39 is 0 Å². The third-order valence-electron chi connectivity index (χ3n) is 3.52. The SMILES string of the molecule is C=N.CCC(C)/C(=C\N)c1ccc2cc(N)ccc2c1. The average Bonchev–Trinajstić information content (AvgIpc) is 2.49. The number of nitrogens with two attached hydrogens (primary N) is 2. The van der Waals surface area contributed by atoms with Crippen molar-refractivity contribution in [2.45, 2.75) is 20.3 Å². The van der Waals surface area contributed by atoms with Gasteiger partial charge in [0.2, 0.25) is 0 Å². The first-order valence-electron chi connectivity index (χ1n) is 6.72. The van der Waals surface area contributed by atoms with Gasteiger partial charge in [-0.25, -0.2) is 0 Å². The third-order valence-corrected chi connectivity index (χ3v) is 3.52. The highest BCUT2D eigenvalue weighted by Gasteiger charge is 2.09. The lowest BCUT2D eigenvalue weighted by Crippen LogP contribution is -2.00. The van der Waals surface area contributed by atoms with Gasteiger partial charge in [-0.3, -0.25) is 0 Å². The van der Waals surface area contributed by atoms with E-state index in [1.54, 1.807) is 6.20 Å². The van der Waals surface area contributed by atoms with Crippen LogP contribution in [0.15, 0.2) is 42.6 Å². The second-order valence-electron chi connectivity index (χ2n) is 4.75. The highest BCUT2D eigenvalue weighted by atomic mass is 14.5. The van der Waals surface area contributed by atoms with E-state index in [-0.39, 0.29) is 0 Å². The summed E-state index contributed by atoms with van der Waals surface area (Å²) in [7, 11) is 0. The van der Waals surface area contributed by atoms with E-state index in [0.717, 1.165) is 12.1 Å². The van der Waals surface area contributed by atoms with Gasteiger partial charge >= 0.3 is 0 Å². The van der Waals surface area contributed by atoms with Crippen molar-refractivity contribution in [2.75, 3.05) is 5.73 Å². The summed E-state index contributed by atoms with van der Waals surface area (Å²) in [5, 5.41) is 7.86. The fourth-order valence-corrected chi connectivity index (χ4v) is 2.21. The summed E-state index contributed by atoms with van der Waals surface area (Å²) < 4.78 is 0. The van der Waals surface area contributed by atoms with Crippen LogP contribution in [0.3, 0.4) is 0 Å². The van der Waals surface area contributed by atoms with Crippen molar-refractivity contribution >= 4 is 28.8 Å². The molecule has 0 fully saturated rings. The van der Waals surface area contributed by atoms with Crippen molar-refractivity contribution in [3.8, 4) is 0 Å². The molecule has 0 aliphatic heterocycles. The number of rotatable bonds is 3. The summed E-state index contributed by atoms with van der Waals surface area (Å²) in [6.07, 6.45) is 2.81. The molecule has 0 aliphatic carbocycles. The lowest BCUT2D eigenvalue weighted by molar-refractivity contribution is 0.716. The normalized spacial score (nSPS) is 12.6. The molecule has 2 aromatic rings. The zero-order chi connectivity index (χ0) is 15.1. The molecule has 1 atom stereocenters. The largest absolute Gasteiger partial charge is 0.404 e. The molecule has 0 aromatic heterocycles. The zero-order valence-electron chi connectivity index (χ0n) is 12.2. The van der Waals surface area contributed by atoms with E-state index in [1.807, 2.05) is 12.1 Å². The average molecular weight is 269 g/mol. The summed E-state index contributed by atoms with van der Waals surface area (Å²) in [6.45, 7) is 6.88. The molecular formula is C17H23N3. The fraction of sp³-hybridized carbons (Fsp3) is 0.235. The number of nitrogen functional groups attached to an aromatic ring is 1. The number of nitrogens with one attached hydrogen (secondary N) is 1. The first-order chi connectivity index (χ1) is 9.65. The van der Waals surface area contributed by atoms with E-state index in [4.69, 9.17) is 16.9 Å². The van der Waals surface area contributed by atoms with Crippen LogP contribution in [0.2, 0.25) is 0 Å². The van der Waals surface area contributed by atoms with Crippen LogP contribution >= 0.6 is 0 Å². The summed E-state index contributed by atoms with van der Waals surface area (Å²) in [6, 6.07) is 12.4. The minimum Gasteiger partial charge on any atom is -0.404 e. The molecule has 5 N–H and O–H groups in total. The topological polar surface area (TPSA) is 75.9 Å². The van der Waals surface area contributed by atoms with E-state index in [2.05, 4.69) is 44.8 Å². The van der Waals surface area contributed by atoms with Gasteiger partial charge in [0.05, 0.1) is 0 Å². The molecular weight excluding hydrogens is 246 g/mol. The summed E-state index contributed by atoms with van der Waals surface area (Å²) in [4.78, 5) is 0. The molecule has 0 saturated heterocycles. The predicted molar refractivity (Wildman–Crippen MR) is 89.8 cm³/mol. The Hall–Kier alpha value is -2.29. The maximum Gasteiger partial charge on any atom is 0.0320 e. The van der Waals surface area contributed by atoms with Crippen LogP contribution in [0.25, 0.3) is 16.3 Å². The van der Waals surface area contributed by atoms with Crippen molar-refractivity contribution in [2.24, 2.45) is 11.7 Å². The Kier molecular flexibility index (Phi) is 5.78. The smallest absolute Gasteiger partial charge is 0.0320 e. The third kappa shape index (κ3) is 3.38. The lowest BCUT2D eigenvalue weighted by Gasteiger charge is -2.14. The highest BCUT2D eigenvalue weighted by Crippen LogP contribution is 2.28. The van der Waals surface area contributed by atoms with Gasteiger partial charge in [0.25, 0.3) is 0 Å². The van der Waals surface area contributed by atoms with Crippen LogP contribution in [-0.2, 0) is 0 Å². The number of fused-ring (bicyclic) bond motifs is 1. The van der Waals surface area contributed by atoms with Crippen LogP contribution < -0.4 is 11.5 Å². The van der Waals surface area contributed by atoms with Crippen LogP contribution in [-0.4, -0.2) is 6.72 Å². The fourth-order valence-electron chi connectivity index (χ4n) is 2.21. The molecule has 0 saturated carbocycles. The molecule has 0 bridgehead atoms. The summed E-state index contributed by atoms with van der Waals surface area (Å²) >= 11 is 0. The number of allylic oxidation sites excluding steroid dienone is 1. The molecule has 2 rings (SSSR count). The lowest BCUT2D eigenvalue weighted by atomic mass is 9.91. The zero-order valence-corrected chi connectivity index (χ0v) is 12.2. The Bertz CT molecular complexity index is 602. The van der Waals surface area contributed by atoms with Crippen LogP contribution in [0, 0.1) is 11.3 Å². The Balaban J connectivity index is 0.000000956. The monoisotopic (exact) mass is 269 g/mol. The molecule has 0 spiro atoms. The Labute approximate surface area is 120 Å². The Morgan fingerprint density at radius 2 is 1.80 bits per heavy atom. The Morgan fingerprint density at radius 1 is 1.20 bits per heavy atom. The van der Waals surface area contributed by atoms with Crippen molar-refractivity contribution in [1.82, 2.24) is 0 Å². The minimum absolute atomic E-state index is 0.473. The molecule has 0 aliphatic rings. The van der Waals surface area contributed by atoms with Crippen LogP contribution in [0.5, 0.6) is 0 Å². The number of hydrogen-bond donors (Lipinski definition) is 3. The quantitative estimate of drug-likeness (QED) is 0.581. The van der Waals surface area contributed by atoms with E-state index in [0.29, 0.717) is 5.92 Å². The molecule has 0 heterocycles. The molecule has 3 heteroatoms. The molecule has 0 radical (unpaired) electrons. The summed E-state index contributed by atoms with van der Waals surface area (Å²) in [5.41, 5.74) is 14.8. The van der Waals surface area contributed by atoms with Gasteiger partial charge in [-0.15, -0.1) is 0 Å². The van der Waals surface area contributed by atoms with Crippen molar-refractivity contribution in [1.29, 1.82) is 5.41 Å². The van der Waals surface area contributed by atoms with Crippen LogP contribution in [0.1, 0.15) is 25.8 Å². The second-order valence-corrected chi connectivity index (χ2v) is 4.75. The summed E-state index contributed by atoms with van der Waals surface area (Å²) in [5.74, 6) is 0.473. The first kappa shape index (κ1) is 15.8. The van der Waals surface area contributed by atoms with Crippen LogP contribution in [0.4, 0.5) is 5.69 Å². The highest BCUT2D eigenvalue weighted by molar-refractivity contribution is 5.88. The van der Waals surface area contributed by atoms with E-state index in [9.17, 15) is 0 Å². The molecule has 1 unspecified atom stereocenters. The van der Waals surface area contributed by atoms with Gasteiger partial charge < -0.3 is 16.9 Å². The minimum atomic E-state index is 0.473. The van der Waals surface area contributed by atoms with Gasteiger partial charge in [-0.2, -0.15) is 0 Å². The maximum atomic E-state index is 5.79. The molecule has 2 aromatic carbocycles. The van der Waals surface area contributed by atoms with Gasteiger partial charge in [0.15, 0.2) is 0 Å². The second kappa shape index (κ2) is 7.34. The Morgan fingerprint density at radius 3 is 2.40 bits per heavy atom. The predicted octanol–water partition coefficient (Wildman–Crippen LogP) is 4.03.